The molecule has 2 aromatic carbocycles. The van der Waals surface area contributed by atoms with Crippen LogP contribution in [0.3, 0.4) is 0 Å². The van der Waals surface area contributed by atoms with E-state index in [1.807, 2.05) is 0 Å². The van der Waals surface area contributed by atoms with Crippen LogP contribution >= 0.6 is 0 Å². The molecule has 0 bridgehead atoms. The lowest BCUT2D eigenvalue weighted by Crippen LogP contribution is -2.31. The van der Waals surface area contributed by atoms with Gasteiger partial charge in [-0.3, -0.25) is 10.1 Å². The van der Waals surface area contributed by atoms with Gasteiger partial charge in [-0.15, -0.1) is 0 Å². The van der Waals surface area contributed by atoms with Crippen LogP contribution in [0, 0.1) is 10.1 Å². The maximum atomic E-state index is 13.5. The number of nitrogens with zero attached hydrogens (tertiary/aromatic N) is 2. The van der Waals surface area contributed by atoms with Crippen LogP contribution in [-0.2, 0) is 10.0 Å². The first-order valence-electron chi connectivity index (χ1n) is 8.89. The molecule has 0 radical (unpaired) electrons. The molecule has 1 aliphatic heterocycles. The van der Waals surface area contributed by atoms with E-state index in [0.29, 0.717) is 29.9 Å². The monoisotopic (exact) mass is 422 g/mol. The summed E-state index contributed by atoms with van der Waals surface area (Å²) in [5, 5.41) is 11.2. The molecule has 0 aliphatic carbocycles. The molecule has 29 heavy (non-hydrogen) atoms. The van der Waals surface area contributed by atoms with E-state index in [-0.39, 0.29) is 22.9 Å². The Balaban J connectivity index is 2.10. The molecule has 1 saturated heterocycles. The van der Waals surface area contributed by atoms with Crippen molar-refractivity contribution in [1.29, 1.82) is 0 Å². The SMILES string of the molecule is COc1ccc(OC)c(C2CCCN2S(=O)(=O)c2cc([N+](=O)[O-])ccc2OC)c1. The fraction of sp³-hybridized carbons (Fsp3) is 0.368. The number of hydrogen-bond acceptors (Lipinski definition) is 7. The van der Waals surface area contributed by atoms with Gasteiger partial charge in [-0.2, -0.15) is 4.31 Å². The van der Waals surface area contributed by atoms with Gasteiger partial charge in [0.2, 0.25) is 10.0 Å². The molecule has 2 aromatic rings. The first kappa shape index (κ1) is 20.9. The van der Waals surface area contributed by atoms with Crippen molar-refractivity contribution in [3.63, 3.8) is 0 Å². The highest BCUT2D eigenvalue weighted by Crippen LogP contribution is 2.43. The minimum atomic E-state index is -4.07. The summed E-state index contributed by atoms with van der Waals surface area (Å²) in [5.74, 6) is 1.18. The number of rotatable bonds is 7. The fourth-order valence-corrected chi connectivity index (χ4v) is 5.40. The lowest BCUT2D eigenvalue weighted by molar-refractivity contribution is -0.385. The number of non-ortho nitro benzene ring substituents is 1. The van der Waals surface area contributed by atoms with E-state index < -0.39 is 21.0 Å². The molecule has 0 amide bonds. The van der Waals surface area contributed by atoms with Crippen molar-refractivity contribution < 1.29 is 27.6 Å². The summed E-state index contributed by atoms with van der Waals surface area (Å²) in [6.07, 6.45) is 1.22. The van der Waals surface area contributed by atoms with E-state index in [2.05, 4.69) is 0 Å². The third-order valence-corrected chi connectivity index (χ3v) is 6.87. The Morgan fingerprint density at radius 3 is 2.34 bits per heavy atom. The van der Waals surface area contributed by atoms with Gasteiger partial charge in [0.05, 0.1) is 32.3 Å². The van der Waals surface area contributed by atoms with Crippen LogP contribution in [-0.4, -0.2) is 45.5 Å². The number of methoxy groups -OCH3 is 3. The highest BCUT2D eigenvalue weighted by molar-refractivity contribution is 7.89. The Hall–Kier alpha value is -2.85. The van der Waals surface area contributed by atoms with Crippen LogP contribution in [0.4, 0.5) is 5.69 Å². The van der Waals surface area contributed by atoms with Crippen molar-refractivity contribution in [2.24, 2.45) is 0 Å². The van der Waals surface area contributed by atoms with Gasteiger partial charge in [0.1, 0.15) is 22.1 Å². The highest BCUT2D eigenvalue weighted by atomic mass is 32.2. The van der Waals surface area contributed by atoms with Gasteiger partial charge < -0.3 is 14.2 Å². The predicted molar refractivity (Wildman–Crippen MR) is 105 cm³/mol. The number of sulfonamides is 1. The maximum absolute atomic E-state index is 13.5. The second-order valence-electron chi connectivity index (χ2n) is 6.47. The molecule has 0 spiro atoms. The van der Waals surface area contributed by atoms with Crippen molar-refractivity contribution in [3.8, 4) is 17.2 Å². The second kappa shape index (κ2) is 8.26. The summed E-state index contributed by atoms with van der Waals surface area (Å²) in [6.45, 7) is 0.277. The normalized spacial score (nSPS) is 17.1. The Kier molecular flexibility index (Phi) is 5.94. The quantitative estimate of drug-likeness (QED) is 0.498. The summed E-state index contributed by atoms with van der Waals surface area (Å²) >= 11 is 0. The molecule has 156 valence electrons. The van der Waals surface area contributed by atoms with Crippen LogP contribution in [0.1, 0.15) is 24.4 Å². The average Bonchev–Trinajstić information content (AvgIpc) is 3.23. The lowest BCUT2D eigenvalue weighted by atomic mass is 10.0. The molecule has 10 heteroatoms. The number of ether oxygens (including phenoxy) is 3. The first-order chi connectivity index (χ1) is 13.8. The van der Waals surface area contributed by atoms with Gasteiger partial charge in [-0.1, -0.05) is 0 Å². The smallest absolute Gasteiger partial charge is 0.271 e. The van der Waals surface area contributed by atoms with Crippen molar-refractivity contribution in [1.82, 2.24) is 4.31 Å². The summed E-state index contributed by atoms with van der Waals surface area (Å²) in [6, 6.07) is 8.26. The van der Waals surface area contributed by atoms with Crippen LogP contribution in [0.5, 0.6) is 17.2 Å². The zero-order valence-corrected chi connectivity index (χ0v) is 17.1. The largest absolute Gasteiger partial charge is 0.497 e. The predicted octanol–water partition coefficient (Wildman–Crippen LogP) is 3.15. The lowest BCUT2D eigenvalue weighted by Gasteiger charge is -2.26. The first-order valence-corrected chi connectivity index (χ1v) is 10.3. The van der Waals surface area contributed by atoms with Gasteiger partial charge >= 0.3 is 0 Å². The standard InChI is InChI=1S/C19H22N2O7S/c1-26-14-7-9-17(27-2)15(12-14)16-5-4-10-20(16)29(24,25)19-11-13(21(22)23)6-8-18(19)28-3/h6-9,11-12,16H,4-5,10H2,1-3H3. The average molecular weight is 422 g/mol. The van der Waals surface area contributed by atoms with Crippen molar-refractivity contribution in [2.75, 3.05) is 27.9 Å². The molecule has 0 N–H and O–H groups in total. The Bertz CT molecular complexity index is 1020. The van der Waals surface area contributed by atoms with Crippen LogP contribution in [0.25, 0.3) is 0 Å². The van der Waals surface area contributed by atoms with Crippen LogP contribution in [0.15, 0.2) is 41.3 Å². The molecule has 1 unspecified atom stereocenters. The highest BCUT2D eigenvalue weighted by Gasteiger charge is 2.39. The molecule has 9 nitrogen and oxygen atoms in total. The third-order valence-electron chi connectivity index (χ3n) is 4.94. The second-order valence-corrected chi connectivity index (χ2v) is 8.33. The number of benzene rings is 2. The summed E-state index contributed by atoms with van der Waals surface area (Å²) < 4.78 is 44.2. The molecule has 1 aliphatic rings. The van der Waals surface area contributed by atoms with Crippen LogP contribution in [0.2, 0.25) is 0 Å². The van der Waals surface area contributed by atoms with E-state index >= 15 is 0 Å². The minimum absolute atomic E-state index is 0.0545. The van der Waals surface area contributed by atoms with Gasteiger partial charge in [-0.25, -0.2) is 8.42 Å². The summed E-state index contributed by atoms with van der Waals surface area (Å²) in [7, 11) is 0.301. The Morgan fingerprint density at radius 2 is 1.72 bits per heavy atom. The van der Waals surface area contributed by atoms with E-state index in [0.717, 1.165) is 6.07 Å². The van der Waals surface area contributed by atoms with E-state index in [1.54, 1.807) is 18.2 Å². The zero-order valence-electron chi connectivity index (χ0n) is 16.3. The molecule has 1 fully saturated rings. The molecular formula is C19H22N2O7S. The van der Waals surface area contributed by atoms with Crippen LogP contribution < -0.4 is 14.2 Å². The van der Waals surface area contributed by atoms with Gasteiger partial charge in [0, 0.05) is 24.2 Å². The van der Waals surface area contributed by atoms with Gasteiger partial charge in [0.25, 0.3) is 5.69 Å². The minimum Gasteiger partial charge on any atom is -0.497 e. The molecule has 1 heterocycles. The number of nitro groups is 1. The number of nitro benzene ring substituents is 1. The topological polar surface area (TPSA) is 108 Å². The molecule has 1 atom stereocenters. The van der Waals surface area contributed by atoms with E-state index in [1.165, 1.54) is 37.8 Å². The molecule has 0 aromatic heterocycles. The van der Waals surface area contributed by atoms with Crippen molar-refractivity contribution in [3.05, 3.63) is 52.1 Å². The van der Waals surface area contributed by atoms with Crippen molar-refractivity contribution >= 4 is 15.7 Å². The van der Waals surface area contributed by atoms with Gasteiger partial charge in [-0.05, 0) is 37.1 Å². The summed E-state index contributed by atoms with van der Waals surface area (Å²) in [5.41, 5.74) is 0.358. The molecule has 0 saturated carbocycles. The summed E-state index contributed by atoms with van der Waals surface area (Å²) in [4.78, 5) is 10.3. The van der Waals surface area contributed by atoms with E-state index in [4.69, 9.17) is 14.2 Å². The molecular weight excluding hydrogens is 400 g/mol. The van der Waals surface area contributed by atoms with E-state index in [9.17, 15) is 18.5 Å². The third kappa shape index (κ3) is 3.85. The fourth-order valence-electron chi connectivity index (χ4n) is 3.55. The van der Waals surface area contributed by atoms with Gasteiger partial charge in [0.15, 0.2) is 0 Å². The molecule has 3 rings (SSSR count). The Morgan fingerprint density at radius 1 is 1.03 bits per heavy atom. The zero-order chi connectivity index (χ0) is 21.2. The number of hydrogen-bond donors (Lipinski definition) is 0. The Labute approximate surface area is 169 Å². The maximum Gasteiger partial charge on any atom is 0.271 e. The van der Waals surface area contributed by atoms with Crippen molar-refractivity contribution in [2.45, 2.75) is 23.8 Å².